The molecule has 4 nitrogen and oxygen atoms in total. The van der Waals surface area contributed by atoms with Crippen molar-refractivity contribution in [1.82, 2.24) is 9.78 Å². The van der Waals surface area contributed by atoms with Gasteiger partial charge in [0.2, 0.25) is 0 Å². The zero-order valence-electron chi connectivity index (χ0n) is 10.8. The lowest BCUT2D eigenvalue weighted by Crippen LogP contribution is -2.14. The first-order chi connectivity index (χ1) is 10.2. The van der Waals surface area contributed by atoms with E-state index in [0.29, 0.717) is 5.56 Å². The molecule has 0 spiro atoms. The Morgan fingerprint density at radius 1 is 1.18 bits per heavy atom. The standard InChI is InChI=1S/C13H9Cl2F3N2O2/c14-7-2-6(13(16,17)18)3-8(15)11(7)20-4-5-1-9(21)12(22)10(5)19-20/h2-4,9,12,21-22H,1H2. The minimum absolute atomic E-state index is 0.0902. The van der Waals surface area contributed by atoms with Gasteiger partial charge in [0.25, 0.3) is 0 Å². The van der Waals surface area contributed by atoms with Gasteiger partial charge in [-0.1, -0.05) is 23.2 Å². The summed E-state index contributed by atoms with van der Waals surface area (Å²) in [7, 11) is 0. The SMILES string of the molecule is OC1Cc2cn(-c3c(Cl)cc(C(F)(F)F)cc3Cl)nc2C1O. The number of rotatable bonds is 1. The molecule has 2 atom stereocenters. The van der Waals surface area contributed by atoms with Gasteiger partial charge in [-0.3, -0.25) is 0 Å². The summed E-state index contributed by atoms with van der Waals surface area (Å²) in [5.41, 5.74) is -0.0135. The number of hydrogen-bond donors (Lipinski definition) is 2. The van der Waals surface area contributed by atoms with Crippen molar-refractivity contribution in [3.05, 3.63) is 45.2 Å². The number of aliphatic hydroxyl groups excluding tert-OH is 2. The van der Waals surface area contributed by atoms with Crippen molar-refractivity contribution in [3.8, 4) is 5.69 Å². The van der Waals surface area contributed by atoms with Crippen LogP contribution in [0.5, 0.6) is 0 Å². The van der Waals surface area contributed by atoms with Gasteiger partial charge in [0.1, 0.15) is 11.8 Å². The largest absolute Gasteiger partial charge is 0.416 e. The monoisotopic (exact) mass is 352 g/mol. The second kappa shape index (κ2) is 5.13. The Labute approximate surface area is 132 Å². The lowest BCUT2D eigenvalue weighted by molar-refractivity contribution is -0.137. The molecule has 2 aromatic rings. The normalized spacial score (nSPS) is 21.2. The van der Waals surface area contributed by atoms with Gasteiger partial charge >= 0.3 is 6.18 Å². The molecule has 1 aliphatic carbocycles. The molecule has 0 amide bonds. The highest BCUT2D eigenvalue weighted by Crippen LogP contribution is 2.38. The summed E-state index contributed by atoms with van der Waals surface area (Å²) >= 11 is 11.8. The average molecular weight is 353 g/mol. The van der Waals surface area contributed by atoms with Crippen LogP contribution in [0.25, 0.3) is 5.69 Å². The molecule has 1 heterocycles. The molecule has 2 N–H and O–H groups in total. The molecule has 0 radical (unpaired) electrons. The van der Waals surface area contributed by atoms with E-state index in [-0.39, 0.29) is 27.8 Å². The number of benzene rings is 1. The minimum Gasteiger partial charge on any atom is -0.390 e. The fourth-order valence-electron chi connectivity index (χ4n) is 2.41. The summed E-state index contributed by atoms with van der Waals surface area (Å²) in [6, 6.07) is 1.53. The molecule has 9 heteroatoms. The molecule has 22 heavy (non-hydrogen) atoms. The molecule has 1 aromatic carbocycles. The van der Waals surface area contributed by atoms with Crippen LogP contribution in [-0.2, 0) is 12.6 Å². The van der Waals surface area contributed by atoms with Crippen LogP contribution in [0, 0.1) is 0 Å². The van der Waals surface area contributed by atoms with E-state index in [2.05, 4.69) is 5.10 Å². The molecule has 0 fully saturated rings. The smallest absolute Gasteiger partial charge is 0.390 e. The fourth-order valence-corrected chi connectivity index (χ4v) is 3.07. The van der Waals surface area contributed by atoms with Gasteiger partial charge in [-0.05, 0) is 17.7 Å². The van der Waals surface area contributed by atoms with Gasteiger partial charge in [0.05, 0.1) is 27.4 Å². The molecule has 118 valence electrons. The molecular formula is C13H9Cl2F3N2O2. The van der Waals surface area contributed by atoms with Crippen molar-refractivity contribution in [2.24, 2.45) is 0 Å². The van der Waals surface area contributed by atoms with E-state index >= 15 is 0 Å². The number of fused-ring (bicyclic) bond motifs is 1. The van der Waals surface area contributed by atoms with Crippen molar-refractivity contribution in [3.63, 3.8) is 0 Å². The summed E-state index contributed by atoms with van der Waals surface area (Å²) in [6.45, 7) is 0. The van der Waals surface area contributed by atoms with Gasteiger partial charge in [0, 0.05) is 12.6 Å². The number of hydrogen-bond acceptors (Lipinski definition) is 3. The molecule has 0 aliphatic heterocycles. The number of nitrogens with zero attached hydrogens (tertiary/aromatic N) is 2. The van der Waals surface area contributed by atoms with E-state index in [4.69, 9.17) is 23.2 Å². The lowest BCUT2D eigenvalue weighted by Gasteiger charge is -2.13. The Morgan fingerprint density at radius 3 is 2.27 bits per heavy atom. The third-order valence-electron chi connectivity index (χ3n) is 3.47. The zero-order valence-corrected chi connectivity index (χ0v) is 12.3. The van der Waals surface area contributed by atoms with E-state index < -0.39 is 23.9 Å². The molecule has 2 unspecified atom stereocenters. The third kappa shape index (κ3) is 2.48. The highest BCUT2D eigenvalue weighted by atomic mass is 35.5. The van der Waals surface area contributed by atoms with Crippen LogP contribution in [0.3, 0.4) is 0 Å². The quantitative estimate of drug-likeness (QED) is 0.828. The number of halogens is 5. The van der Waals surface area contributed by atoms with E-state index in [1.54, 1.807) is 0 Å². The summed E-state index contributed by atoms with van der Waals surface area (Å²) < 4.78 is 39.3. The zero-order chi connectivity index (χ0) is 16.2. The van der Waals surface area contributed by atoms with Crippen molar-refractivity contribution in [2.75, 3.05) is 0 Å². The molecule has 3 rings (SSSR count). The van der Waals surface area contributed by atoms with Crippen LogP contribution in [-0.4, -0.2) is 26.1 Å². The summed E-state index contributed by atoms with van der Waals surface area (Å²) in [4.78, 5) is 0. The van der Waals surface area contributed by atoms with Crippen molar-refractivity contribution in [1.29, 1.82) is 0 Å². The average Bonchev–Trinajstić information content (AvgIpc) is 2.89. The van der Waals surface area contributed by atoms with Crippen LogP contribution in [0.4, 0.5) is 13.2 Å². The van der Waals surface area contributed by atoms with E-state index in [1.807, 2.05) is 0 Å². The molecule has 1 aromatic heterocycles. The second-order valence-electron chi connectivity index (χ2n) is 4.99. The van der Waals surface area contributed by atoms with Crippen molar-refractivity contribution in [2.45, 2.75) is 24.8 Å². The van der Waals surface area contributed by atoms with E-state index in [9.17, 15) is 23.4 Å². The Hall–Kier alpha value is -1.28. The Balaban J connectivity index is 2.07. The molecule has 1 aliphatic rings. The Kier molecular flexibility index (Phi) is 3.64. The van der Waals surface area contributed by atoms with Gasteiger partial charge in [-0.25, -0.2) is 4.68 Å². The first-order valence-electron chi connectivity index (χ1n) is 6.19. The Morgan fingerprint density at radius 2 is 1.77 bits per heavy atom. The highest BCUT2D eigenvalue weighted by molar-refractivity contribution is 6.37. The number of aliphatic hydroxyl groups is 2. The molecule has 0 bridgehead atoms. The van der Waals surface area contributed by atoms with Crippen LogP contribution >= 0.6 is 23.2 Å². The lowest BCUT2D eigenvalue weighted by atomic mass is 10.2. The third-order valence-corrected chi connectivity index (χ3v) is 4.05. The maximum absolute atomic E-state index is 12.7. The maximum atomic E-state index is 12.7. The minimum atomic E-state index is -4.56. The molecule has 0 saturated heterocycles. The van der Waals surface area contributed by atoms with Gasteiger partial charge in [0.15, 0.2) is 0 Å². The second-order valence-corrected chi connectivity index (χ2v) is 5.80. The van der Waals surface area contributed by atoms with E-state index in [0.717, 1.165) is 12.1 Å². The van der Waals surface area contributed by atoms with Gasteiger partial charge < -0.3 is 10.2 Å². The van der Waals surface area contributed by atoms with Crippen LogP contribution in [0.2, 0.25) is 10.0 Å². The topological polar surface area (TPSA) is 58.3 Å². The molecular weight excluding hydrogens is 344 g/mol. The van der Waals surface area contributed by atoms with E-state index in [1.165, 1.54) is 10.9 Å². The van der Waals surface area contributed by atoms with Crippen LogP contribution < -0.4 is 0 Å². The number of aromatic nitrogens is 2. The first kappa shape index (κ1) is 15.6. The maximum Gasteiger partial charge on any atom is 0.416 e. The molecule has 0 saturated carbocycles. The fraction of sp³-hybridized carbons (Fsp3) is 0.308. The van der Waals surface area contributed by atoms with Crippen LogP contribution in [0.1, 0.15) is 22.9 Å². The predicted molar refractivity (Wildman–Crippen MR) is 73.3 cm³/mol. The van der Waals surface area contributed by atoms with Gasteiger partial charge in [-0.2, -0.15) is 18.3 Å². The van der Waals surface area contributed by atoms with Gasteiger partial charge in [-0.15, -0.1) is 0 Å². The predicted octanol–water partition coefficient (Wildman–Crippen LogP) is 3.15. The summed E-state index contributed by atoms with van der Waals surface area (Å²) in [5, 5.41) is 22.9. The van der Waals surface area contributed by atoms with Crippen molar-refractivity contribution < 1.29 is 23.4 Å². The highest BCUT2D eigenvalue weighted by Gasteiger charge is 2.35. The first-order valence-corrected chi connectivity index (χ1v) is 6.95. The van der Waals surface area contributed by atoms with Crippen molar-refractivity contribution >= 4 is 23.2 Å². The summed E-state index contributed by atoms with van der Waals surface area (Å²) in [6.07, 6.45) is -4.95. The van der Waals surface area contributed by atoms with Crippen LogP contribution in [0.15, 0.2) is 18.3 Å². The summed E-state index contributed by atoms with van der Waals surface area (Å²) in [5.74, 6) is 0. The number of alkyl halides is 3. The Bertz CT molecular complexity index is 722.